The summed E-state index contributed by atoms with van der Waals surface area (Å²) in [4.78, 5) is 23.9. The number of ether oxygens (including phenoxy) is 1. The molecule has 128 valence electrons. The van der Waals surface area contributed by atoms with E-state index in [9.17, 15) is 9.59 Å². The van der Waals surface area contributed by atoms with Crippen molar-refractivity contribution < 1.29 is 18.7 Å². The van der Waals surface area contributed by atoms with Gasteiger partial charge in [-0.2, -0.15) is 0 Å². The van der Waals surface area contributed by atoms with Gasteiger partial charge < -0.3 is 19.8 Å². The van der Waals surface area contributed by atoms with Crippen molar-refractivity contribution in [2.24, 2.45) is 0 Å². The Balaban J connectivity index is 1.78. The van der Waals surface area contributed by atoms with Crippen LogP contribution in [-0.2, 0) is 4.74 Å². The van der Waals surface area contributed by atoms with E-state index in [-0.39, 0.29) is 23.7 Å². The summed E-state index contributed by atoms with van der Waals surface area (Å²) in [6.07, 6.45) is 2.40. The molecule has 0 atom stereocenters. The second-order valence-electron chi connectivity index (χ2n) is 5.54. The first-order valence-corrected chi connectivity index (χ1v) is 7.91. The van der Waals surface area contributed by atoms with Crippen LogP contribution in [0.15, 0.2) is 47.1 Å². The van der Waals surface area contributed by atoms with Crippen LogP contribution >= 0.6 is 0 Å². The molecule has 0 aliphatic heterocycles. The molecule has 0 aliphatic rings. The maximum Gasteiger partial charge on any atom is 0.291 e. The van der Waals surface area contributed by atoms with Crippen LogP contribution in [-0.4, -0.2) is 31.1 Å². The van der Waals surface area contributed by atoms with E-state index >= 15 is 0 Å². The highest BCUT2D eigenvalue weighted by Gasteiger charge is 2.09. The van der Waals surface area contributed by atoms with Crippen molar-refractivity contribution in [3.63, 3.8) is 0 Å². The zero-order chi connectivity index (χ0) is 17.4. The molecule has 0 fully saturated rings. The molecule has 0 aliphatic carbocycles. The number of carbonyl (C=O) groups is 2. The molecular formula is C18H22N2O4. The van der Waals surface area contributed by atoms with Gasteiger partial charge in [-0.1, -0.05) is 0 Å². The predicted octanol–water partition coefficient (Wildman–Crippen LogP) is 3.08. The largest absolute Gasteiger partial charge is 0.459 e. The molecule has 6 heteroatoms. The van der Waals surface area contributed by atoms with E-state index in [1.165, 1.54) is 6.26 Å². The molecule has 0 radical (unpaired) electrons. The molecule has 1 aromatic carbocycles. The first-order chi connectivity index (χ1) is 11.6. The zero-order valence-electron chi connectivity index (χ0n) is 13.9. The fourth-order valence-corrected chi connectivity index (χ4v) is 2.00. The number of nitrogens with one attached hydrogen (secondary N) is 2. The van der Waals surface area contributed by atoms with Crippen LogP contribution < -0.4 is 10.6 Å². The van der Waals surface area contributed by atoms with Gasteiger partial charge in [-0.15, -0.1) is 0 Å². The van der Waals surface area contributed by atoms with Gasteiger partial charge in [0, 0.05) is 24.4 Å². The van der Waals surface area contributed by atoms with Gasteiger partial charge in [-0.25, -0.2) is 0 Å². The highest BCUT2D eigenvalue weighted by Crippen LogP contribution is 2.11. The summed E-state index contributed by atoms with van der Waals surface area (Å²) in [6, 6.07) is 9.92. The van der Waals surface area contributed by atoms with Gasteiger partial charge in [0.15, 0.2) is 5.76 Å². The van der Waals surface area contributed by atoms with E-state index < -0.39 is 0 Å². The van der Waals surface area contributed by atoms with Crippen LogP contribution in [0.5, 0.6) is 0 Å². The van der Waals surface area contributed by atoms with Crippen molar-refractivity contribution in [2.75, 3.05) is 18.5 Å². The number of hydrogen-bond donors (Lipinski definition) is 2. The number of furan rings is 1. The minimum Gasteiger partial charge on any atom is -0.459 e. The van der Waals surface area contributed by atoms with Crippen LogP contribution in [0.2, 0.25) is 0 Å². The van der Waals surface area contributed by atoms with E-state index in [2.05, 4.69) is 10.6 Å². The van der Waals surface area contributed by atoms with Crippen LogP contribution in [0.25, 0.3) is 0 Å². The highest BCUT2D eigenvalue weighted by atomic mass is 16.5. The van der Waals surface area contributed by atoms with Gasteiger partial charge >= 0.3 is 0 Å². The number of amides is 2. The molecule has 0 unspecified atom stereocenters. The first-order valence-electron chi connectivity index (χ1n) is 7.91. The summed E-state index contributed by atoms with van der Waals surface area (Å²) >= 11 is 0. The molecule has 0 spiro atoms. The van der Waals surface area contributed by atoms with Crippen LogP contribution in [0, 0.1) is 0 Å². The Morgan fingerprint density at radius 3 is 2.50 bits per heavy atom. The van der Waals surface area contributed by atoms with Gasteiger partial charge in [0.25, 0.3) is 11.8 Å². The van der Waals surface area contributed by atoms with Gasteiger partial charge in [0.05, 0.1) is 12.4 Å². The zero-order valence-corrected chi connectivity index (χ0v) is 13.9. The van der Waals surface area contributed by atoms with Gasteiger partial charge in [0.2, 0.25) is 0 Å². The van der Waals surface area contributed by atoms with Crippen LogP contribution in [0.1, 0.15) is 41.2 Å². The Kier molecular flexibility index (Phi) is 6.57. The molecule has 2 N–H and O–H groups in total. The minimum absolute atomic E-state index is 0.150. The topological polar surface area (TPSA) is 80.6 Å². The van der Waals surface area contributed by atoms with E-state index in [1.807, 2.05) is 13.8 Å². The van der Waals surface area contributed by atoms with Crippen molar-refractivity contribution in [3.05, 3.63) is 54.0 Å². The lowest BCUT2D eigenvalue weighted by Gasteiger charge is -2.09. The van der Waals surface area contributed by atoms with Crippen molar-refractivity contribution in [1.29, 1.82) is 0 Å². The van der Waals surface area contributed by atoms with E-state index in [0.717, 1.165) is 6.42 Å². The minimum atomic E-state index is -0.331. The smallest absolute Gasteiger partial charge is 0.291 e. The third kappa shape index (κ3) is 5.55. The molecule has 1 aromatic heterocycles. The highest BCUT2D eigenvalue weighted by molar-refractivity contribution is 6.02. The lowest BCUT2D eigenvalue weighted by atomic mass is 10.2. The standard InChI is InChI=1S/C18H22N2O4/c1-13(2)23-12-4-10-19-17(21)14-6-8-15(9-7-14)20-18(22)16-5-3-11-24-16/h3,5-9,11,13H,4,10,12H2,1-2H3,(H,19,21)(H,20,22). The number of anilines is 1. The Morgan fingerprint density at radius 1 is 1.12 bits per heavy atom. The normalized spacial score (nSPS) is 10.6. The second-order valence-corrected chi connectivity index (χ2v) is 5.54. The summed E-state index contributed by atoms with van der Waals surface area (Å²) < 4.78 is 10.4. The second kappa shape index (κ2) is 8.88. The molecule has 0 bridgehead atoms. The van der Waals surface area contributed by atoms with E-state index in [0.29, 0.717) is 24.4 Å². The molecule has 0 saturated carbocycles. The van der Waals surface area contributed by atoms with Crippen LogP contribution in [0.3, 0.4) is 0 Å². The summed E-state index contributed by atoms with van der Waals surface area (Å²) in [6.45, 7) is 5.13. The average Bonchev–Trinajstić information content (AvgIpc) is 3.09. The first kappa shape index (κ1) is 17.7. The Labute approximate surface area is 141 Å². The Morgan fingerprint density at radius 2 is 1.88 bits per heavy atom. The third-order valence-corrected chi connectivity index (χ3v) is 3.21. The monoisotopic (exact) mass is 330 g/mol. The molecule has 2 amide bonds. The quantitative estimate of drug-likeness (QED) is 0.729. The predicted molar refractivity (Wildman–Crippen MR) is 91.1 cm³/mol. The Bertz CT molecular complexity index is 648. The van der Waals surface area contributed by atoms with E-state index in [4.69, 9.17) is 9.15 Å². The molecular weight excluding hydrogens is 308 g/mol. The van der Waals surface area contributed by atoms with Gasteiger partial charge in [-0.05, 0) is 56.7 Å². The lowest BCUT2D eigenvalue weighted by molar-refractivity contribution is 0.0757. The maximum atomic E-state index is 12.0. The summed E-state index contributed by atoms with van der Waals surface area (Å²) in [5.41, 5.74) is 1.13. The summed E-state index contributed by atoms with van der Waals surface area (Å²) in [5.74, 6) is -0.244. The Hall–Kier alpha value is -2.60. The molecule has 2 rings (SSSR count). The lowest BCUT2D eigenvalue weighted by Crippen LogP contribution is -2.25. The van der Waals surface area contributed by atoms with Crippen molar-refractivity contribution in [2.45, 2.75) is 26.4 Å². The fourth-order valence-electron chi connectivity index (χ4n) is 2.00. The summed E-state index contributed by atoms with van der Waals surface area (Å²) in [7, 11) is 0. The fraction of sp³-hybridized carbons (Fsp3) is 0.333. The van der Waals surface area contributed by atoms with Crippen molar-refractivity contribution >= 4 is 17.5 Å². The molecule has 0 saturated heterocycles. The van der Waals surface area contributed by atoms with Gasteiger partial charge in [0.1, 0.15) is 0 Å². The van der Waals surface area contributed by atoms with Gasteiger partial charge in [-0.3, -0.25) is 9.59 Å². The number of rotatable bonds is 8. The SMILES string of the molecule is CC(C)OCCCNC(=O)c1ccc(NC(=O)c2ccco2)cc1. The average molecular weight is 330 g/mol. The number of carbonyl (C=O) groups excluding carboxylic acids is 2. The van der Waals surface area contributed by atoms with Crippen LogP contribution in [0.4, 0.5) is 5.69 Å². The van der Waals surface area contributed by atoms with Crippen molar-refractivity contribution in [3.8, 4) is 0 Å². The molecule has 1 heterocycles. The third-order valence-electron chi connectivity index (χ3n) is 3.21. The number of benzene rings is 1. The molecule has 2 aromatic rings. The van der Waals surface area contributed by atoms with Crippen molar-refractivity contribution in [1.82, 2.24) is 5.32 Å². The molecule has 24 heavy (non-hydrogen) atoms. The maximum absolute atomic E-state index is 12.0. The number of hydrogen-bond acceptors (Lipinski definition) is 4. The molecule has 6 nitrogen and oxygen atoms in total. The van der Waals surface area contributed by atoms with E-state index in [1.54, 1.807) is 36.4 Å². The summed E-state index contributed by atoms with van der Waals surface area (Å²) in [5, 5.41) is 5.53.